The Morgan fingerprint density at radius 3 is 2.30 bits per heavy atom. The van der Waals surface area contributed by atoms with Gasteiger partial charge in [0.1, 0.15) is 5.78 Å². The molecule has 1 aromatic carbocycles. The van der Waals surface area contributed by atoms with Crippen molar-refractivity contribution in [2.24, 2.45) is 5.92 Å². The Hall–Kier alpha value is -1.10. The highest BCUT2D eigenvalue weighted by Gasteiger charge is 2.24. The van der Waals surface area contributed by atoms with Crippen molar-refractivity contribution in [3.63, 3.8) is 0 Å². The predicted octanol–water partition coefficient (Wildman–Crippen LogP) is 3.45. The fourth-order valence-electron chi connectivity index (χ4n) is 2.75. The minimum atomic E-state index is -0.696. The van der Waals surface area contributed by atoms with Gasteiger partial charge in [0.05, 0.1) is 5.92 Å². The summed E-state index contributed by atoms with van der Waals surface area (Å²) >= 11 is 5.83. The molecule has 0 amide bonds. The number of piperidine rings is 1. The Kier molecular flexibility index (Phi) is 8.59. The molecule has 1 N–H and O–H groups in total. The third-order valence-electron chi connectivity index (χ3n) is 4.25. The van der Waals surface area contributed by atoms with E-state index in [1.807, 2.05) is 24.3 Å². The molecule has 0 saturated carbocycles. The molecule has 0 radical (unpaired) electrons. The number of nitrogens with zero attached hydrogens (tertiary/aromatic N) is 1. The van der Waals surface area contributed by atoms with Gasteiger partial charge in [-0.3, -0.25) is 9.59 Å². The summed E-state index contributed by atoms with van der Waals surface area (Å²) in [4.78, 5) is 25.0. The Bertz CT molecular complexity index is 511. The molecule has 1 aliphatic rings. The second kappa shape index (κ2) is 9.91. The Labute approximate surface area is 148 Å². The fraction of sp³-hybridized carbons (Fsp3) is 0.529. The minimum Gasteiger partial charge on any atom is -0.481 e. The summed E-state index contributed by atoms with van der Waals surface area (Å²) < 4.78 is 0. The van der Waals surface area contributed by atoms with Crippen LogP contribution >= 0.6 is 24.0 Å². The number of halogens is 2. The number of benzene rings is 1. The molecular weight excluding hydrogens is 337 g/mol. The van der Waals surface area contributed by atoms with E-state index in [-0.39, 0.29) is 24.1 Å². The first-order valence-electron chi connectivity index (χ1n) is 7.76. The predicted molar refractivity (Wildman–Crippen MR) is 93.4 cm³/mol. The van der Waals surface area contributed by atoms with Crippen LogP contribution in [0, 0.1) is 5.92 Å². The second-order valence-corrected chi connectivity index (χ2v) is 6.31. The zero-order chi connectivity index (χ0) is 15.9. The molecule has 0 unspecified atom stereocenters. The van der Waals surface area contributed by atoms with E-state index < -0.39 is 5.97 Å². The van der Waals surface area contributed by atoms with Crippen LogP contribution in [-0.2, 0) is 16.0 Å². The van der Waals surface area contributed by atoms with Gasteiger partial charge in [-0.1, -0.05) is 23.7 Å². The van der Waals surface area contributed by atoms with Gasteiger partial charge in [-0.2, -0.15) is 0 Å². The average molecular weight is 360 g/mol. The Morgan fingerprint density at radius 1 is 1.13 bits per heavy atom. The van der Waals surface area contributed by atoms with Crippen LogP contribution in [0.1, 0.15) is 31.2 Å². The topological polar surface area (TPSA) is 57.6 Å². The summed E-state index contributed by atoms with van der Waals surface area (Å²) in [6.45, 7) is 2.30. The number of carboxylic acid groups (broad SMARTS) is 1. The van der Waals surface area contributed by atoms with Crippen molar-refractivity contribution in [3.8, 4) is 0 Å². The standard InChI is InChI=1S/C17H22ClNO3.ClH/c18-15-4-1-13(2-5-15)3-6-16(20)9-12-19-10-7-14(8-11-19)17(21)22;/h1-2,4-5,14H,3,6-12H2,(H,21,22);1H. The third kappa shape index (κ3) is 6.90. The van der Waals surface area contributed by atoms with Gasteiger partial charge in [-0.05, 0) is 50.0 Å². The maximum absolute atomic E-state index is 12.0. The summed E-state index contributed by atoms with van der Waals surface area (Å²) in [7, 11) is 0. The smallest absolute Gasteiger partial charge is 0.306 e. The van der Waals surface area contributed by atoms with Crippen LogP contribution in [0.5, 0.6) is 0 Å². The number of hydrogen-bond acceptors (Lipinski definition) is 3. The van der Waals surface area contributed by atoms with Crippen LogP contribution in [0.4, 0.5) is 0 Å². The number of rotatable bonds is 7. The maximum atomic E-state index is 12.0. The molecule has 4 nitrogen and oxygen atoms in total. The van der Waals surface area contributed by atoms with Crippen molar-refractivity contribution in [1.29, 1.82) is 0 Å². The summed E-state index contributed by atoms with van der Waals surface area (Å²) in [5, 5.41) is 9.67. The number of hydrogen-bond donors (Lipinski definition) is 1. The van der Waals surface area contributed by atoms with Crippen molar-refractivity contribution < 1.29 is 14.7 Å². The zero-order valence-electron chi connectivity index (χ0n) is 13.0. The lowest BCUT2D eigenvalue weighted by atomic mass is 9.97. The van der Waals surface area contributed by atoms with Crippen molar-refractivity contribution in [3.05, 3.63) is 34.9 Å². The van der Waals surface area contributed by atoms with Gasteiger partial charge >= 0.3 is 5.97 Å². The minimum absolute atomic E-state index is 0. The van der Waals surface area contributed by atoms with E-state index in [1.54, 1.807) is 0 Å². The van der Waals surface area contributed by atoms with Crippen LogP contribution < -0.4 is 0 Å². The second-order valence-electron chi connectivity index (χ2n) is 5.87. The highest BCUT2D eigenvalue weighted by Crippen LogP contribution is 2.17. The van der Waals surface area contributed by atoms with Crippen molar-refractivity contribution in [2.75, 3.05) is 19.6 Å². The SMILES string of the molecule is Cl.O=C(CCc1ccc(Cl)cc1)CCN1CCC(C(=O)O)CC1. The lowest BCUT2D eigenvalue weighted by Crippen LogP contribution is -2.37. The quantitative estimate of drug-likeness (QED) is 0.809. The van der Waals surface area contributed by atoms with E-state index in [0.717, 1.165) is 31.6 Å². The Balaban J connectivity index is 0.00000264. The first-order chi connectivity index (χ1) is 10.5. The van der Waals surface area contributed by atoms with Crippen LogP contribution in [0.15, 0.2) is 24.3 Å². The normalized spacial score (nSPS) is 15.9. The van der Waals surface area contributed by atoms with E-state index >= 15 is 0 Å². The lowest BCUT2D eigenvalue weighted by molar-refractivity contribution is -0.143. The van der Waals surface area contributed by atoms with Gasteiger partial charge < -0.3 is 10.0 Å². The fourth-order valence-corrected chi connectivity index (χ4v) is 2.87. The Morgan fingerprint density at radius 2 is 1.74 bits per heavy atom. The number of ketones is 1. The summed E-state index contributed by atoms with van der Waals surface area (Å²) in [6.07, 6.45) is 3.22. The molecular formula is C17H23Cl2NO3. The number of carboxylic acids is 1. The van der Waals surface area contributed by atoms with Crippen molar-refractivity contribution in [1.82, 2.24) is 4.90 Å². The largest absolute Gasteiger partial charge is 0.481 e. The van der Waals surface area contributed by atoms with Crippen LogP contribution in [0.2, 0.25) is 5.02 Å². The third-order valence-corrected chi connectivity index (χ3v) is 4.50. The van der Waals surface area contributed by atoms with Gasteiger partial charge in [0, 0.05) is 24.4 Å². The number of aliphatic carboxylic acids is 1. The molecule has 1 fully saturated rings. The van der Waals surface area contributed by atoms with E-state index in [2.05, 4.69) is 4.90 Å². The molecule has 0 atom stereocenters. The molecule has 1 saturated heterocycles. The molecule has 0 aromatic heterocycles. The average Bonchev–Trinajstić information content (AvgIpc) is 2.52. The van der Waals surface area contributed by atoms with Gasteiger partial charge in [-0.25, -0.2) is 0 Å². The molecule has 1 heterocycles. The number of aryl methyl sites for hydroxylation is 1. The molecule has 0 spiro atoms. The van der Waals surface area contributed by atoms with Crippen LogP contribution in [0.3, 0.4) is 0 Å². The van der Waals surface area contributed by atoms with E-state index in [0.29, 0.717) is 30.7 Å². The van der Waals surface area contributed by atoms with Crippen molar-refractivity contribution >= 4 is 35.8 Å². The number of carbonyl (C=O) groups is 2. The van der Waals surface area contributed by atoms with Gasteiger partial charge in [-0.15, -0.1) is 12.4 Å². The monoisotopic (exact) mass is 359 g/mol. The molecule has 1 aromatic rings. The molecule has 6 heteroatoms. The molecule has 0 bridgehead atoms. The van der Waals surface area contributed by atoms with E-state index in [9.17, 15) is 9.59 Å². The van der Waals surface area contributed by atoms with Gasteiger partial charge in [0.15, 0.2) is 0 Å². The highest BCUT2D eigenvalue weighted by atomic mass is 35.5. The summed E-state index contributed by atoms with van der Waals surface area (Å²) in [5.41, 5.74) is 1.13. The van der Waals surface area contributed by atoms with Crippen molar-refractivity contribution in [2.45, 2.75) is 32.1 Å². The number of likely N-dealkylation sites (tertiary alicyclic amines) is 1. The number of carbonyl (C=O) groups excluding carboxylic acids is 1. The summed E-state index contributed by atoms with van der Waals surface area (Å²) in [6, 6.07) is 7.58. The molecule has 23 heavy (non-hydrogen) atoms. The van der Waals surface area contributed by atoms with Crippen LogP contribution in [-0.4, -0.2) is 41.4 Å². The highest BCUT2D eigenvalue weighted by molar-refractivity contribution is 6.30. The molecule has 2 rings (SSSR count). The zero-order valence-corrected chi connectivity index (χ0v) is 14.6. The van der Waals surface area contributed by atoms with Gasteiger partial charge in [0.25, 0.3) is 0 Å². The summed E-state index contributed by atoms with van der Waals surface area (Å²) in [5.74, 6) is -0.647. The maximum Gasteiger partial charge on any atom is 0.306 e. The van der Waals surface area contributed by atoms with E-state index in [1.165, 1.54) is 0 Å². The molecule has 128 valence electrons. The first kappa shape index (κ1) is 19.9. The molecule has 0 aliphatic carbocycles. The van der Waals surface area contributed by atoms with Crippen LogP contribution in [0.25, 0.3) is 0 Å². The first-order valence-corrected chi connectivity index (χ1v) is 8.13. The lowest BCUT2D eigenvalue weighted by Gasteiger charge is -2.29. The molecule has 1 aliphatic heterocycles. The number of Topliss-reactive ketones (excluding diaryl/α,β-unsaturated/α-hetero) is 1. The van der Waals surface area contributed by atoms with E-state index in [4.69, 9.17) is 16.7 Å². The van der Waals surface area contributed by atoms with Gasteiger partial charge in [0.2, 0.25) is 0 Å².